The summed E-state index contributed by atoms with van der Waals surface area (Å²) in [6.45, 7) is 1.62. The van der Waals surface area contributed by atoms with Gasteiger partial charge < -0.3 is 0 Å². The molecule has 0 saturated heterocycles. The number of hydrogen-bond donors (Lipinski definition) is 0. The number of aryl methyl sites for hydroxylation is 1. The molecule has 0 unspecified atom stereocenters. The Kier molecular flexibility index (Phi) is 2.95. The molecule has 0 amide bonds. The Labute approximate surface area is 107 Å². The molecule has 0 bridgehead atoms. The summed E-state index contributed by atoms with van der Waals surface area (Å²) in [5.41, 5.74) is 0.602. The van der Waals surface area contributed by atoms with Gasteiger partial charge in [0.25, 0.3) is 14.7 Å². The largest absolute Gasteiger partial charge is 0.270 e. The zero-order chi connectivity index (χ0) is 13.5. The molecule has 18 heavy (non-hydrogen) atoms. The average Bonchev–Trinajstić information content (AvgIpc) is 2.25. The molecule has 0 aliphatic heterocycles. The molecule has 8 heteroatoms. The molecule has 1 heterocycles. The summed E-state index contributed by atoms with van der Waals surface area (Å²) >= 11 is 0. The number of nitro benzene ring substituents is 1. The highest BCUT2D eigenvalue weighted by Crippen LogP contribution is 2.28. The highest BCUT2D eigenvalue weighted by Gasteiger charge is 2.18. The Bertz CT molecular complexity index is 758. The van der Waals surface area contributed by atoms with Gasteiger partial charge in [-0.1, -0.05) is 0 Å². The number of rotatable bonds is 2. The van der Waals surface area contributed by atoms with E-state index in [1.54, 1.807) is 6.92 Å². The molecule has 2 aromatic rings. The quantitative estimate of drug-likeness (QED) is 0.480. The number of aromatic nitrogens is 1. The van der Waals surface area contributed by atoms with E-state index in [4.69, 9.17) is 10.7 Å². The van der Waals surface area contributed by atoms with Crippen LogP contribution >= 0.6 is 10.7 Å². The predicted molar refractivity (Wildman–Crippen MR) is 66.2 cm³/mol. The molecular formula is C10H7ClN2O4S. The van der Waals surface area contributed by atoms with Crippen molar-refractivity contribution in [1.82, 2.24) is 4.98 Å². The Balaban J connectivity index is 2.91. The highest BCUT2D eigenvalue weighted by atomic mass is 35.7. The smallest absolute Gasteiger partial charge is 0.258 e. The molecule has 0 N–H and O–H groups in total. The Morgan fingerprint density at radius 3 is 2.56 bits per heavy atom. The second kappa shape index (κ2) is 4.18. The van der Waals surface area contributed by atoms with Crippen LogP contribution in [0.3, 0.4) is 0 Å². The number of nitrogens with zero attached hydrogens (tertiary/aromatic N) is 2. The van der Waals surface area contributed by atoms with Crippen molar-refractivity contribution in [2.45, 2.75) is 11.8 Å². The third-order valence-electron chi connectivity index (χ3n) is 2.36. The van der Waals surface area contributed by atoms with Crippen LogP contribution in [-0.4, -0.2) is 18.3 Å². The SMILES string of the molecule is Cc1cc(S(=O)(=O)Cl)c2cc([N+](=O)[O-])ccc2n1. The molecule has 0 aliphatic carbocycles. The lowest BCUT2D eigenvalue weighted by atomic mass is 10.2. The summed E-state index contributed by atoms with van der Waals surface area (Å²) in [5, 5.41) is 10.8. The fourth-order valence-electron chi connectivity index (χ4n) is 1.62. The highest BCUT2D eigenvalue weighted by molar-refractivity contribution is 8.14. The summed E-state index contributed by atoms with van der Waals surface area (Å²) in [4.78, 5) is 14.0. The molecule has 0 atom stereocenters. The standard InChI is InChI=1S/C10H7ClN2O4S/c1-6-4-10(18(11,16)17)8-5-7(13(14)15)2-3-9(8)12-6/h2-5H,1H3. The van der Waals surface area contributed by atoms with E-state index in [0.29, 0.717) is 11.2 Å². The predicted octanol–water partition coefficient (Wildman–Crippen LogP) is 2.38. The number of benzene rings is 1. The summed E-state index contributed by atoms with van der Waals surface area (Å²) in [5.74, 6) is 0. The lowest BCUT2D eigenvalue weighted by Gasteiger charge is -2.04. The van der Waals surface area contributed by atoms with Crippen LogP contribution in [0.4, 0.5) is 5.69 Å². The second-order valence-electron chi connectivity index (χ2n) is 3.66. The van der Waals surface area contributed by atoms with Crippen molar-refractivity contribution >= 4 is 36.3 Å². The first-order chi connectivity index (χ1) is 8.29. The third kappa shape index (κ3) is 2.27. The molecule has 1 aromatic heterocycles. The number of nitro groups is 1. The van der Waals surface area contributed by atoms with Gasteiger partial charge in [-0.2, -0.15) is 0 Å². The van der Waals surface area contributed by atoms with E-state index in [0.717, 1.165) is 6.07 Å². The zero-order valence-electron chi connectivity index (χ0n) is 9.12. The molecule has 2 rings (SSSR count). The number of hydrogen-bond acceptors (Lipinski definition) is 5. The van der Waals surface area contributed by atoms with Crippen LogP contribution in [0, 0.1) is 17.0 Å². The lowest BCUT2D eigenvalue weighted by Crippen LogP contribution is -1.97. The Morgan fingerprint density at radius 1 is 1.33 bits per heavy atom. The van der Waals surface area contributed by atoms with Crippen LogP contribution in [0.25, 0.3) is 10.9 Å². The first-order valence-electron chi connectivity index (χ1n) is 4.79. The van der Waals surface area contributed by atoms with Gasteiger partial charge in [0.1, 0.15) is 0 Å². The van der Waals surface area contributed by atoms with E-state index in [-0.39, 0.29) is 16.0 Å². The van der Waals surface area contributed by atoms with Gasteiger partial charge in [-0.25, -0.2) is 8.42 Å². The summed E-state index contributed by atoms with van der Waals surface area (Å²) in [7, 11) is 1.33. The molecule has 0 radical (unpaired) electrons. The summed E-state index contributed by atoms with van der Waals surface area (Å²) in [6, 6.07) is 5.09. The van der Waals surface area contributed by atoms with Crippen molar-refractivity contribution in [3.05, 3.63) is 40.1 Å². The van der Waals surface area contributed by atoms with E-state index in [9.17, 15) is 18.5 Å². The van der Waals surface area contributed by atoms with Gasteiger partial charge in [0, 0.05) is 33.9 Å². The van der Waals surface area contributed by atoms with Crippen LogP contribution in [0.1, 0.15) is 5.69 Å². The van der Waals surface area contributed by atoms with Crippen molar-refractivity contribution in [2.75, 3.05) is 0 Å². The zero-order valence-corrected chi connectivity index (χ0v) is 10.7. The van der Waals surface area contributed by atoms with Crippen LogP contribution in [0.2, 0.25) is 0 Å². The van der Waals surface area contributed by atoms with E-state index in [1.165, 1.54) is 18.2 Å². The molecule has 0 saturated carbocycles. The molecule has 94 valence electrons. The number of pyridine rings is 1. The summed E-state index contributed by atoms with van der Waals surface area (Å²) < 4.78 is 22.9. The number of fused-ring (bicyclic) bond motifs is 1. The molecule has 6 nitrogen and oxygen atoms in total. The van der Waals surface area contributed by atoms with E-state index < -0.39 is 14.0 Å². The topological polar surface area (TPSA) is 90.2 Å². The van der Waals surface area contributed by atoms with Crippen molar-refractivity contribution in [2.24, 2.45) is 0 Å². The third-order valence-corrected chi connectivity index (χ3v) is 3.72. The van der Waals surface area contributed by atoms with Crippen molar-refractivity contribution in [3.8, 4) is 0 Å². The van der Waals surface area contributed by atoms with Gasteiger partial charge in [0.15, 0.2) is 0 Å². The Morgan fingerprint density at radius 2 is 2.00 bits per heavy atom. The van der Waals surface area contributed by atoms with E-state index in [2.05, 4.69) is 4.98 Å². The van der Waals surface area contributed by atoms with E-state index in [1.807, 2.05) is 0 Å². The normalized spacial score (nSPS) is 11.7. The minimum Gasteiger partial charge on any atom is -0.258 e. The monoisotopic (exact) mass is 286 g/mol. The van der Waals surface area contributed by atoms with Gasteiger partial charge >= 0.3 is 0 Å². The number of non-ortho nitro benzene ring substituents is 1. The van der Waals surface area contributed by atoms with Gasteiger partial charge in [0.05, 0.1) is 15.3 Å². The maximum absolute atomic E-state index is 11.4. The molecular weight excluding hydrogens is 280 g/mol. The minimum absolute atomic E-state index is 0.143. The maximum atomic E-state index is 11.4. The molecule has 1 aromatic carbocycles. The Hall–Kier alpha value is -1.73. The minimum atomic E-state index is -3.98. The first-order valence-corrected chi connectivity index (χ1v) is 7.10. The van der Waals surface area contributed by atoms with Crippen molar-refractivity contribution in [1.29, 1.82) is 0 Å². The summed E-state index contributed by atoms with van der Waals surface area (Å²) in [6.07, 6.45) is 0. The first kappa shape index (κ1) is 12.7. The van der Waals surface area contributed by atoms with Gasteiger partial charge in [0.2, 0.25) is 0 Å². The molecule has 0 fully saturated rings. The molecule has 0 spiro atoms. The van der Waals surface area contributed by atoms with Crippen LogP contribution < -0.4 is 0 Å². The van der Waals surface area contributed by atoms with Crippen LogP contribution in [0.5, 0.6) is 0 Å². The van der Waals surface area contributed by atoms with Gasteiger partial charge in [-0.3, -0.25) is 15.1 Å². The van der Waals surface area contributed by atoms with Crippen molar-refractivity contribution in [3.63, 3.8) is 0 Å². The van der Waals surface area contributed by atoms with Gasteiger partial charge in [-0.05, 0) is 19.1 Å². The maximum Gasteiger partial charge on any atom is 0.270 e. The average molecular weight is 287 g/mol. The lowest BCUT2D eigenvalue weighted by molar-refractivity contribution is -0.384. The molecule has 0 aliphatic rings. The van der Waals surface area contributed by atoms with Crippen LogP contribution in [0.15, 0.2) is 29.2 Å². The second-order valence-corrected chi connectivity index (χ2v) is 6.19. The van der Waals surface area contributed by atoms with Gasteiger partial charge in [-0.15, -0.1) is 0 Å². The van der Waals surface area contributed by atoms with Crippen LogP contribution in [-0.2, 0) is 9.05 Å². The fourth-order valence-corrected chi connectivity index (χ4v) is 2.74. The van der Waals surface area contributed by atoms with E-state index >= 15 is 0 Å². The fraction of sp³-hybridized carbons (Fsp3) is 0.100. The van der Waals surface area contributed by atoms with Crippen molar-refractivity contribution < 1.29 is 13.3 Å². The number of halogens is 1.